The number of likely N-dealkylation sites (tertiary alicyclic amines) is 1. The van der Waals surface area contributed by atoms with E-state index >= 15 is 0 Å². The molecule has 0 atom stereocenters. The van der Waals surface area contributed by atoms with Gasteiger partial charge in [-0.05, 0) is 31.2 Å². The van der Waals surface area contributed by atoms with Gasteiger partial charge in [-0.2, -0.15) is 4.31 Å². The molecule has 0 bridgehead atoms. The summed E-state index contributed by atoms with van der Waals surface area (Å²) in [4.78, 5) is 18.3. The average molecular weight is 404 g/mol. The zero-order chi connectivity index (χ0) is 20.1. The second-order valence-electron chi connectivity index (χ2n) is 6.55. The third-order valence-corrected chi connectivity index (χ3v) is 5.73. The lowest BCUT2D eigenvalue weighted by Crippen LogP contribution is -2.62. The number of nitrogens with one attached hydrogen (secondary N) is 1. The molecule has 2 heterocycles. The maximum Gasteiger partial charge on any atom is 0.322 e. The summed E-state index contributed by atoms with van der Waals surface area (Å²) >= 11 is 0. The first-order chi connectivity index (χ1) is 13.4. The SMILES string of the molecule is CCOc1ccccc1NC(=O)N1CC(N(Cc2ccccn2)S(C)(=O)=O)C1. The molecule has 1 N–H and O–H groups in total. The van der Waals surface area contributed by atoms with E-state index in [4.69, 9.17) is 4.74 Å². The first kappa shape index (κ1) is 20.1. The van der Waals surface area contributed by atoms with Crippen molar-refractivity contribution in [3.8, 4) is 5.75 Å². The number of amides is 2. The van der Waals surface area contributed by atoms with Crippen molar-refractivity contribution in [2.45, 2.75) is 19.5 Å². The molecule has 1 saturated heterocycles. The second kappa shape index (κ2) is 8.57. The van der Waals surface area contributed by atoms with Gasteiger partial charge in [-0.1, -0.05) is 18.2 Å². The van der Waals surface area contributed by atoms with E-state index in [0.29, 0.717) is 36.8 Å². The summed E-state index contributed by atoms with van der Waals surface area (Å²) < 4.78 is 31.3. The zero-order valence-electron chi connectivity index (χ0n) is 15.9. The van der Waals surface area contributed by atoms with Crippen molar-refractivity contribution in [2.24, 2.45) is 0 Å². The van der Waals surface area contributed by atoms with Crippen LogP contribution in [-0.4, -0.2) is 60.6 Å². The third kappa shape index (κ3) is 4.79. The minimum atomic E-state index is -3.43. The van der Waals surface area contributed by atoms with Crippen molar-refractivity contribution < 1.29 is 17.9 Å². The molecule has 1 aromatic heterocycles. The molecule has 0 unspecified atom stereocenters. The lowest BCUT2D eigenvalue weighted by molar-refractivity contribution is 0.106. The number of rotatable bonds is 7. The van der Waals surface area contributed by atoms with Crippen molar-refractivity contribution in [3.63, 3.8) is 0 Å². The highest BCUT2D eigenvalue weighted by atomic mass is 32.2. The number of carbonyl (C=O) groups is 1. The van der Waals surface area contributed by atoms with Gasteiger partial charge in [0.05, 0.1) is 36.8 Å². The maximum absolute atomic E-state index is 12.5. The van der Waals surface area contributed by atoms with Gasteiger partial charge in [-0.3, -0.25) is 4.98 Å². The molecular weight excluding hydrogens is 380 g/mol. The number of sulfonamides is 1. The molecule has 2 aromatic rings. The molecule has 0 radical (unpaired) electrons. The fourth-order valence-corrected chi connectivity index (χ4v) is 4.06. The molecule has 0 saturated carbocycles. The van der Waals surface area contributed by atoms with Crippen molar-refractivity contribution in [3.05, 3.63) is 54.4 Å². The number of hydrogen-bond acceptors (Lipinski definition) is 5. The first-order valence-corrected chi connectivity index (χ1v) is 10.9. The normalized spacial score (nSPS) is 14.6. The fourth-order valence-electron chi connectivity index (χ4n) is 3.02. The number of hydrogen-bond donors (Lipinski definition) is 1. The number of pyridine rings is 1. The Morgan fingerprint density at radius 1 is 1.25 bits per heavy atom. The van der Waals surface area contributed by atoms with Crippen molar-refractivity contribution in [1.29, 1.82) is 0 Å². The molecule has 9 heteroatoms. The molecule has 1 fully saturated rings. The van der Waals surface area contributed by atoms with Gasteiger partial charge in [0.2, 0.25) is 10.0 Å². The van der Waals surface area contributed by atoms with Crippen LogP contribution in [0.4, 0.5) is 10.5 Å². The molecule has 1 aliphatic rings. The van der Waals surface area contributed by atoms with E-state index in [-0.39, 0.29) is 18.6 Å². The molecule has 3 rings (SSSR count). The van der Waals surface area contributed by atoms with Crippen LogP contribution in [0.25, 0.3) is 0 Å². The van der Waals surface area contributed by atoms with Gasteiger partial charge >= 0.3 is 6.03 Å². The molecule has 150 valence electrons. The van der Waals surface area contributed by atoms with Crippen LogP contribution in [0.2, 0.25) is 0 Å². The predicted octanol–water partition coefficient (Wildman–Crippen LogP) is 2.16. The number of anilines is 1. The summed E-state index contributed by atoms with van der Waals surface area (Å²) in [6, 6.07) is 12.0. The standard InChI is InChI=1S/C19H24N4O4S/c1-3-27-18-10-5-4-9-17(18)21-19(24)22-13-16(14-22)23(28(2,25)26)12-15-8-6-7-11-20-15/h4-11,16H,3,12-14H2,1-2H3,(H,21,24). The van der Waals surface area contributed by atoms with E-state index in [1.165, 1.54) is 10.6 Å². The summed E-state index contributed by atoms with van der Waals surface area (Å²) in [6.45, 7) is 3.20. The number of aromatic nitrogens is 1. The van der Waals surface area contributed by atoms with Crippen molar-refractivity contribution >= 4 is 21.7 Å². The smallest absolute Gasteiger partial charge is 0.322 e. The van der Waals surface area contributed by atoms with Crippen molar-refractivity contribution in [1.82, 2.24) is 14.2 Å². The third-order valence-electron chi connectivity index (χ3n) is 4.46. The number of para-hydroxylation sites is 2. The zero-order valence-corrected chi connectivity index (χ0v) is 16.7. The Morgan fingerprint density at radius 3 is 2.61 bits per heavy atom. The van der Waals surface area contributed by atoms with E-state index in [1.54, 1.807) is 35.4 Å². The van der Waals surface area contributed by atoms with Crippen LogP contribution in [0.1, 0.15) is 12.6 Å². The fraction of sp³-hybridized carbons (Fsp3) is 0.368. The lowest BCUT2D eigenvalue weighted by Gasteiger charge is -2.43. The van der Waals surface area contributed by atoms with Gasteiger partial charge in [0.25, 0.3) is 0 Å². The van der Waals surface area contributed by atoms with Gasteiger partial charge in [0, 0.05) is 19.3 Å². The molecule has 0 aliphatic carbocycles. The number of ether oxygens (including phenoxy) is 1. The monoisotopic (exact) mass is 404 g/mol. The average Bonchev–Trinajstić information content (AvgIpc) is 2.61. The highest BCUT2D eigenvalue weighted by Gasteiger charge is 2.39. The van der Waals surface area contributed by atoms with E-state index < -0.39 is 10.0 Å². The Bertz CT molecular complexity index is 915. The van der Waals surface area contributed by atoms with Gasteiger partial charge in [-0.15, -0.1) is 0 Å². The molecule has 0 spiro atoms. The van der Waals surface area contributed by atoms with Gasteiger partial charge in [-0.25, -0.2) is 13.2 Å². The predicted molar refractivity (Wildman–Crippen MR) is 107 cm³/mol. The van der Waals surface area contributed by atoms with Crippen LogP contribution in [0.15, 0.2) is 48.7 Å². The van der Waals surface area contributed by atoms with Crippen molar-refractivity contribution in [2.75, 3.05) is 31.3 Å². The molecule has 2 amide bonds. The van der Waals surface area contributed by atoms with Gasteiger partial charge < -0.3 is 15.0 Å². The number of carbonyl (C=O) groups excluding carboxylic acids is 1. The van der Waals surface area contributed by atoms with Crippen LogP contribution < -0.4 is 10.1 Å². The molecule has 1 aromatic carbocycles. The first-order valence-electron chi connectivity index (χ1n) is 9.03. The van der Waals surface area contributed by atoms with Crippen LogP contribution in [0.5, 0.6) is 5.75 Å². The summed E-state index contributed by atoms with van der Waals surface area (Å²) in [5.41, 5.74) is 1.26. The van der Waals surface area contributed by atoms with Crippen LogP contribution in [0, 0.1) is 0 Å². The maximum atomic E-state index is 12.5. The second-order valence-corrected chi connectivity index (χ2v) is 8.48. The topological polar surface area (TPSA) is 91.8 Å². The Kier molecular flexibility index (Phi) is 6.15. The minimum absolute atomic E-state index is 0.187. The van der Waals surface area contributed by atoms with Gasteiger partial charge in [0.1, 0.15) is 5.75 Å². The van der Waals surface area contributed by atoms with E-state index in [0.717, 1.165) is 0 Å². The van der Waals surface area contributed by atoms with Crippen LogP contribution >= 0.6 is 0 Å². The summed E-state index contributed by atoms with van der Waals surface area (Å²) in [6.07, 6.45) is 2.81. The largest absolute Gasteiger partial charge is 0.492 e. The van der Waals surface area contributed by atoms with Crippen LogP contribution in [-0.2, 0) is 16.6 Å². The molecule has 28 heavy (non-hydrogen) atoms. The number of urea groups is 1. The van der Waals surface area contributed by atoms with E-state index in [1.807, 2.05) is 25.1 Å². The number of benzene rings is 1. The van der Waals surface area contributed by atoms with E-state index in [2.05, 4.69) is 10.3 Å². The van der Waals surface area contributed by atoms with Gasteiger partial charge in [0.15, 0.2) is 0 Å². The Morgan fingerprint density at radius 2 is 1.96 bits per heavy atom. The molecular formula is C19H24N4O4S. The summed E-state index contributed by atoms with van der Waals surface area (Å²) in [5.74, 6) is 0.600. The Labute approximate surface area is 165 Å². The minimum Gasteiger partial charge on any atom is -0.492 e. The summed E-state index contributed by atoms with van der Waals surface area (Å²) in [5, 5.41) is 2.83. The molecule has 8 nitrogen and oxygen atoms in total. The summed E-state index contributed by atoms with van der Waals surface area (Å²) in [7, 11) is -3.43. The quantitative estimate of drug-likeness (QED) is 0.764. The van der Waals surface area contributed by atoms with Crippen LogP contribution in [0.3, 0.4) is 0 Å². The molecule has 1 aliphatic heterocycles. The Balaban J connectivity index is 1.62. The number of nitrogens with zero attached hydrogens (tertiary/aromatic N) is 3. The highest BCUT2D eigenvalue weighted by molar-refractivity contribution is 7.88. The van der Waals surface area contributed by atoms with E-state index in [9.17, 15) is 13.2 Å². The highest BCUT2D eigenvalue weighted by Crippen LogP contribution is 2.26. The Hall–Kier alpha value is -2.65. The lowest BCUT2D eigenvalue weighted by atomic mass is 10.1.